The summed E-state index contributed by atoms with van der Waals surface area (Å²) in [5.74, 6) is -0.305. The van der Waals surface area contributed by atoms with Crippen LogP contribution in [0.3, 0.4) is 0 Å². The summed E-state index contributed by atoms with van der Waals surface area (Å²) in [4.78, 5) is 11.4. The SMILES string of the molecule is CCCCCCCCCCCCCCCCc1ccccc1C(N)=O. The Hall–Kier alpha value is -1.31. The number of carbonyl (C=O) groups excluding carboxylic acids is 1. The molecular weight excluding hydrogens is 306 g/mol. The van der Waals surface area contributed by atoms with Crippen LogP contribution in [0, 0.1) is 0 Å². The Morgan fingerprint density at radius 3 is 1.64 bits per heavy atom. The number of aryl methyl sites for hydroxylation is 1. The van der Waals surface area contributed by atoms with Crippen LogP contribution in [-0.2, 0) is 6.42 Å². The van der Waals surface area contributed by atoms with Gasteiger partial charge in [0.25, 0.3) is 0 Å². The van der Waals surface area contributed by atoms with Gasteiger partial charge in [-0.15, -0.1) is 0 Å². The van der Waals surface area contributed by atoms with Gasteiger partial charge in [-0.25, -0.2) is 0 Å². The van der Waals surface area contributed by atoms with E-state index < -0.39 is 0 Å². The largest absolute Gasteiger partial charge is 0.366 e. The quantitative estimate of drug-likeness (QED) is 0.329. The average molecular weight is 346 g/mol. The lowest BCUT2D eigenvalue weighted by Crippen LogP contribution is -2.13. The smallest absolute Gasteiger partial charge is 0.248 e. The Morgan fingerprint density at radius 1 is 0.720 bits per heavy atom. The summed E-state index contributed by atoms with van der Waals surface area (Å²) in [5.41, 5.74) is 7.22. The molecule has 0 aliphatic carbocycles. The van der Waals surface area contributed by atoms with Crippen molar-refractivity contribution >= 4 is 5.91 Å². The van der Waals surface area contributed by atoms with E-state index in [1.165, 1.54) is 83.5 Å². The first-order valence-electron chi connectivity index (χ1n) is 10.6. The first-order chi connectivity index (χ1) is 12.3. The maximum atomic E-state index is 11.4. The monoisotopic (exact) mass is 345 g/mol. The summed E-state index contributed by atoms with van der Waals surface area (Å²) in [5, 5.41) is 0. The lowest BCUT2D eigenvalue weighted by Gasteiger charge is -2.06. The molecule has 2 N–H and O–H groups in total. The van der Waals surface area contributed by atoms with E-state index in [0.29, 0.717) is 5.56 Å². The molecule has 0 unspecified atom stereocenters. The summed E-state index contributed by atoms with van der Waals surface area (Å²) >= 11 is 0. The van der Waals surface area contributed by atoms with Crippen molar-refractivity contribution in [2.24, 2.45) is 5.73 Å². The van der Waals surface area contributed by atoms with Gasteiger partial charge in [-0.1, -0.05) is 109 Å². The van der Waals surface area contributed by atoms with E-state index in [4.69, 9.17) is 5.73 Å². The molecular formula is C23H39NO. The number of primary amides is 1. The summed E-state index contributed by atoms with van der Waals surface area (Å²) in [6.45, 7) is 2.28. The van der Waals surface area contributed by atoms with Gasteiger partial charge < -0.3 is 5.73 Å². The van der Waals surface area contributed by atoms with Crippen LogP contribution in [-0.4, -0.2) is 5.91 Å². The average Bonchev–Trinajstić information content (AvgIpc) is 2.62. The van der Waals surface area contributed by atoms with Crippen LogP contribution in [0.25, 0.3) is 0 Å². The van der Waals surface area contributed by atoms with Crippen molar-refractivity contribution in [3.8, 4) is 0 Å². The van der Waals surface area contributed by atoms with Crippen molar-refractivity contribution in [2.45, 2.75) is 103 Å². The van der Waals surface area contributed by atoms with Crippen molar-refractivity contribution in [1.29, 1.82) is 0 Å². The molecule has 0 aliphatic rings. The van der Waals surface area contributed by atoms with E-state index in [9.17, 15) is 4.79 Å². The van der Waals surface area contributed by atoms with Crippen LogP contribution in [0.5, 0.6) is 0 Å². The fraction of sp³-hybridized carbons (Fsp3) is 0.696. The van der Waals surface area contributed by atoms with E-state index in [1.54, 1.807) is 0 Å². The summed E-state index contributed by atoms with van der Waals surface area (Å²) < 4.78 is 0. The number of nitrogens with two attached hydrogens (primary N) is 1. The van der Waals surface area contributed by atoms with Gasteiger partial charge in [0.1, 0.15) is 0 Å². The molecule has 1 rings (SSSR count). The lowest BCUT2D eigenvalue weighted by atomic mass is 9.99. The topological polar surface area (TPSA) is 43.1 Å². The number of carbonyl (C=O) groups is 1. The highest BCUT2D eigenvalue weighted by Crippen LogP contribution is 2.15. The minimum Gasteiger partial charge on any atom is -0.366 e. The Bertz CT molecular complexity index is 455. The fourth-order valence-corrected chi connectivity index (χ4v) is 3.49. The zero-order valence-corrected chi connectivity index (χ0v) is 16.4. The summed E-state index contributed by atoms with van der Waals surface area (Å²) in [6, 6.07) is 7.74. The van der Waals surface area contributed by atoms with Crippen LogP contribution < -0.4 is 5.73 Å². The van der Waals surface area contributed by atoms with Gasteiger partial charge in [-0.05, 0) is 24.5 Å². The van der Waals surface area contributed by atoms with E-state index in [1.807, 2.05) is 24.3 Å². The number of hydrogen-bond acceptors (Lipinski definition) is 1. The minimum atomic E-state index is -0.305. The number of unbranched alkanes of at least 4 members (excludes halogenated alkanes) is 13. The Balaban J connectivity index is 1.90. The third-order valence-electron chi connectivity index (χ3n) is 5.08. The van der Waals surface area contributed by atoms with E-state index >= 15 is 0 Å². The van der Waals surface area contributed by atoms with Crippen molar-refractivity contribution < 1.29 is 4.79 Å². The number of rotatable bonds is 16. The van der Waals surface area contributed by atoms with Crippen molar-refractivity contribution in [1.82, 2.24) is 0 Å². The predicted octanol–water partition coefficient (Wildman–Crippen LogP) is 6.81. The maximum absolute atomic E-state index is 11.4. The van der Waals surface area contributed by atoms with E-state index in [-0.39, 0.29) is 5.91 Å². The lowest BCUT2D eigenvalue weighted by molar-refractivity contribution is 0.0999. The molecule has 0 saturated carbocycles. The van der Waals surface area contributed by atoms with Gasteiger partial charge in [-0.3, -0.25) is 4.79 Å². The highest BCUT2D eigenvalue weighted by Gasteiger charge is 2.06. The van der Waals surface area contributed by atoms with Crippen LogP contribution in [0.1, 0.15) is 113 Å². The molecule has 0 atom stereocenters. The molecule has 1 amide bonds. The first-order valence-corrected chi connectivity index (χ1v) is 10.6. The van der Waals surface area contributed by atoms with Gasteiger partial charge in [-0.2, -0.15) is 0 Å². The molecule has 25 heavy (non-hydrogen) atoms. The molecule has 0 radical (unpaired) electrons. The zero-order chi connectivity index (χ0) is 18.2. The van der Waals surface area contributed by atoms with Crippen LogP contribution >= 0.6 is 0 Å². The molecule has 1 aromatic carbocycles. The van der Waals surface area contributed by atoms with Crippen LogP contribution in [0.2, 0.25) is 0 Å². The molecule has 0 fully saturated rings. The van der Waals surface area contributed by atoms with Crippen molar-refractivity contribution in [3.05, 3.63) is 35.4 Å². The van der Waals surface area contributed by atoms with Crippen LogP contribution in [0.4, 0.5) is 0 Å². The third-order valence-corrected chi connectivity index (χ3v) is 5.08. The summed E-state index contributed by atoms with van der Waals surface area (Å²) in [6.07, 6.45) is 20.2. The maximum Gasteiger partial charge on any atom is 0.248 e. The Labute approximate surface area is 155 Å². The van der Waals surface area contributed by atoms with Crippen LogP contribution in [0.15, 0.2) is 24.3 Å². The third kappa shape index (κ3) is 11.0. The highest BCUT2D eigenvalue weighted by molar-refractivity contribution is 5.94. The second-order valence-corrected chi connectivity index (χ2v) is 7.37. The number of amides is 1. The first kappa shape index (κ1) is 21.7. The second-order valence-electron chi connectivity index (χ2n) is 7.37. The minimum absolute atomic E-state index is 0.305. The predicted molar refractivity (Wildman–Crippen MR) is 109 cm³/mol. The van der Waals surface area contributed by atoms with E-state index in [0.717, 1.165) is 18.4 Å². The van der Waals surface area contributed by atoms with Gasteiger partial charge in [0.2, 0.25) is 5.91 Å². The summed E-state index contributed by atoms with van der Waals surface area (Å²) in [7, 11) is 0. The molecule has 0 aromatic heterocycles. The molecule has 1 aromatic rings. The number of benzene rings is 1. The van der Waals surface area contributed by atoms with E-state index in [2.05, 4.69) is 6.92 Å². The molecule has 0 aliphatic heterocycles. The van der Waals surface area contributed by atoms with Crippen molar-refractivity contribution in [3.63, 3.8) is 0 Å². The molecule has 0 saturated heterocycles. The molecule has 2 nitrogen and oxygen atoms in total. The molecule has 0 bridgehead atoms. The Kier molecular flexibility index (Phi) is 13.0. The fourth-order valence-electron chi connectivity index (χ4n) is 3.49. The molecule has 2 heteroatoms. The van der Waals surface area contributed by atoms with Crippen molar-refractivity contribution in [2.75, 3.05) is 0 Å². The highest BCUT2D eigenvalue weighted by atomic mass is 16.1. The molecule has 142 valence electrons. The zero-order valence-electron chi connectivity index (χ0n) is 16.4. The van der Waals surface area contributed by atoms with Gasteiger partial charge in [0.05, 0.1) is 0 Å². The molecule has 0 heterocycles. The normalized spacial score (nSPS) is 10.9. The van der Waals surface area contributed by atoms with Gasteiger partial charge in [0.15, 0.2) is 0 Å². The standard InChI is InChI=1S/C23H39NO/c1-2-3-4-5-6-7-8-9-10-11-12-13-14-15-18-21-19-16-17-20-22(21)23(24)25/h16-17,19-20H,2-15,18H2,1H3,(H2,24,25). The van der Waals surface area contributed by atoms with Gasteiger partial charge in [0, 0.05) is 5.56 Å². The van der Waals surface area contributed by atoms with Gasteiger partial charge >= 0.3 is 0 Å². The molecule has 0 spiro atoms. The second kappa shape index (κ2) is 15.0. The number of hydrogen-bond donors (Lipinski definition) is 1. The Morgan fingerprint density at radius 2 is 1.16 bits per heavy atom.